The van der Waals surface area contributed by atoms with Gasteiger partial charge in [-0.25, -0.2) is 13.8 Å². The summed E-state index contributed by atoms with van der Waals surface area (Å²) in [6.07, 6.45) is 1.41. The number of nitriles is 1. The molecule has 11 heteroatoms. The fraction of sp³-hybridized carbons (Fsp3) is 0.410. The third-order valence-electron chi connectivity index (χ3n) is 10.9. The van der Waals surface area contributed by atoms with E-state index in [9.17, 15) is 15.2 Å². The van der Waals surface area contributed by atoms with Gasteiger partial charge in [-0.3, -0.25) is 9.69 Å². The molecule has 1 aliphatic carbocycles. The number of aromatic nitrogens is 2. The monoisotopic (exact) mass is 678 g/mol. The van der Waals surface area contributed by atoms with Crippen molar-refractivity contribution >= 4 is 38.5 Å². The van der Waals surface area contributed by atoms with Crippen molar-refractivity contribution in [2.75, 3.05) is 47.4 Å². The minimum Gasteiger partial charge on any atom is -0.508 e. The predicted octanol–water partition coefficient (Wildman–Crippen LogP) is 6.07. The van der Waals surface area contributed by atoms with Crippen LogP contribution in [0.1, 0.15) is 43.0 Å². The number of benzene rings is 3. The van der Waals surface area contributed by atoms with E-state index in [0.29, 0.717) is 33.3 Å². The number of halogens is 2. The van der Waals surface area contributed by atoms with E-state index in [4.69, 9.17) is 9.72 Å². The number of pyridine rings is 1. The molecule has 3 saturated heterocycles. The summed E-state index contributed by atoms with van der Waals surface area (Å²) < 4.78 is 41.6. The van der Waals surface area contributed by atoms with Gasteiger partial charge in [0.2, 0.25) is 11.8 Å². The SMILES string of the molecule is CC(C(=O)N(C)C)c1cc2c(OCC3(F)CN(C)C3)nc3c(F)c(-c4cc(O)cc5ccccc45)c(CCC#N)cc3c2n1[C@H]1[C@H]2CN[C@@H]1C2. The van der Waals surface area contributed by atoms with Crippen molar-refractivity contribution in [3.8, 4) is 28.8 Å². The number of alkyl halides is 1. The molecule has 1 amide bonds. The lowest BCUT2D eigenvalue weighted by molar-refractivity contribution is -0.130. The molecule has 4 atom stereocenters. The van der Waals surface area contributed by atoms with Crippen LogP contribution in [-0.2, 0) is 11.2 Å². The van der Waals surface area contributed by atoms with Gasteiger partial charge in [0.25, 0.3) is 0 Å². The van der Waals surface area contributed by atoms with Crippen LogP contribution in [0.4, 0.5) is 8.78 Å². The summed E-state index contributed by atoms with van der Waals surface area (Å²) in [6.45, 7) is 2.90. The third-order valence-corrected chi connectivity index (χ3v) is 10.9. The fourth-order valence-electron chi connectivity index (χ4n) is 8.64. The van der Waals surface area contributed by atoms with E-state index in [0.717, 1.165) is 29.4 Å². The number of likely N-dealkylation sites (N-methyl/N-ethyl adjacent to an activating group) is 1. The minimum atomic E-state index is -1.57. The number of aromatic hydroxyl groups is 1. The van der Waals surface area contributed by atoms with Gasteiger partial charge in [-0.1, -0.05) is 24.3 Å². The molecule has 4 fully saturated rings. The molecular weight excluding hydrogens is 638 g/mol. The van der Waals surface area contributed by atoms with Gasteiger partial charge in [0.1, 0.15) is 17.9 Å². The van der Waals surface area contributed by atoms with Crippen molar-refractivity contribution in [2.45, 2.75) is 49.9 Å². The molecule has 0 spiro atoms. The summed E-state index contributed by atoms with van der Waals surface area (Å²) in [5, 5.41) is 26.6. The van der Waals surface area contributed by atoms with Crippen LogP contribution in [0, 0.1) is 23.1 Å². The van der Waals surface area contributed by atoms with Crippen molar-refractivity contribution in [1.82, 2.24) is 24.7 Å². The van der Waals surface area contributed by atoms with Crippen LogP contribution in [-0.4, -0.2) is 89.5 Å². The van der Waals surface area contributed by atoms with Crippen LogP contribution in [0.2, 0.25) is 0 Å². The van der Waals surface area contributed by atoms with Gasteiger partial charge in [-0.15, -0.1) is 0 Å². The van der Waals surface area contributed by atoms with Gasteiger partial charge in [0.15, 0.2) is 11.5 Å². The zero-order chi connectivity index (χ0) is 35.1. The molecule has 1 saturated carbocycles. The van der Waals surface area contributed by atoms with Crippen LogP contribution < -0.4 is 10.1 Å². The molecule has 0 radical (unpaired) electrons. The minimum absolute atomic E-state index is 0.0124. The Kier molecular flexibility index (Phi) is 7.73. The Bertz CT molecular complexity index is 2220. The van der Waals surface area contributed by atoms with E-state index in [2.05, 4.69) is 16.0 Å². The zero-order valence-corrected chi connectivity index (χ0v) is 28.6. The number of carbonyl (C=O) groups is 1. The van der Waals surface area contributed by atoms with E-state index in [-0.39, 0.29) is 73.2 Å². The van der Waals surface area contributed by atoms with E-state index in [1.165, 1.54) is 0 Å². The van der Waals surface area contributed by atoms with Gasteiger partial charge >= 0.3 is 0 Å². The second-order valence-electron chi connectivity index (χ2n) is 14.7. The normalized spacial score (nSPS) is 21.6. The molecule has 9 rings (SSSR count). The maximum Gasteiger partial charge on any atom is 0.230 e. The Labute approximate surface area is 289 Å². The van der Waals surface area contributed by atoms with Crippen molar-refractivity contribution in [1.29, 1.82) is 5.26 Å². The number of aryl methyl sites for hydroxylation is 1. The standard InChI is InChI=1S/C39H40F2N6O3/c1-21(38(49)45(2)3)31-16-29-36(47(31)35-24-14-30(35)43-17-24)28-13-23(9-7-11-42)32(27-15-25(48)12-22-8-5-6-10-26(22)27)33(40)34(28)44-37(29)50-20-39(41)18-46(4)19-39/h5-6,8,10,12-13,15-16,21,24,30,35,43,48H,7,9,14,17-20H2,1-4H3/t21?,24-,30-,35+/m1/s1. The second kappa shape index (κ2) is 11.9. The number of nitrogens with zero attached hydrogens (tertiary/aromatic N) is 5. The Hall–Kier alpha value is -4.79. The molecule has 1 unspecified atom stereocenters. The molecule has 5 heterocycles. The van der Waals surface area contributed by atoms with Crippen LogP contribution in [0.25, 0.3) is 43.7 Å². The Balaban J connectivity index is 1.45. The first kappa shape index (κ1) is 32.4. The second-order valence-corrected chi connectivity index (χ2v) is 14.7. The Morgan fingerprint density at radius 2 is 1.98 bits per heavy atom. The molecule has 4 aliphatic rings. The van der Waals surface area contributed by atoms with E-state index in [1.54, 1.807) is 31.1 Å². The zero-order valence-electron chi connectivity index (χ0n) is 28.6. The van der Waals surface area contributed by atoms with Gasteiger partial charge in [-0.05, 0) is 78.9 Å². The number of rotatable bonds is 9. The summed E-state index contributed by atoms with van der Waals surface area (Å²) in [7, 11) is 5.30. The highest BCUT2D eigenvalue weighted by molar-refractivity contribution is 6.10. The molecule has 2 N–H and O–H groups in total. The number of phenols is 1. The van der Waals surface area contributed by atoms with Crippen molar-refractivity contribution < 1.29 is 23.4 Å². The lowest BCUT2D eigenvalue weighted by Gasteiger charge is -2.41. The van der Waals surface area contributed by atoms with Gasteiger partial charge in [0, 0.05) is 62.8 Å². The summed E-state index contributed by atoms with van der Waals surface area (Å²) in [6, 6.07) is 16.9. The quantitative estimate of drug-likeness (QED) is 0.195. The number of likely N-dealkylation sites (tertiary alicyclic amines) is 1. The summed E-state index contributed by atoms with van der Waals surface area (Å²) in [4.78, 5) is 21.8. The number of nitrogens with one attached hydrogen (secondary N) is 1. The number of phenolic OH excluding ortho intramolecular Hbond substituents is 1. The molecule has 3 aromatic carbocycles. The highest BCUT2D eigenvalue weighted by Gasteiger charge is 2.50. The Morgan fingerprint density at radius 3 is 2.66 bits per heavy atom. The summed E-state index contributed by atoms with van der Waals surface area (Å²) >= 11 is 0. The van der Waals surface area contributed by atoms with E-state index < -0.39 is 17.4 Å². The van der Waals surface area contributed by atoms with Crippen LogP contribution in [0.15, 0.2) is 48.5 Å². The number of amides is 1. The Morgan fingerprint density at radius 1 is 1.20 bits per heavy atom. The maximum absolute atomic E-state index is 17.6. The smallest absolute Gasteiger partial charge is 0.230 e. The molecule has 9 nitrogen and oxygen atoms in total. The topological polar surface area (TPSA) is 107 Å². The number of ether oxygens (including phenoxy) is 1. The molecule has 258 valence electrons. The number of hydrogen-bond acceptors (Lipinski definition) is 7. The van der Waals surface area contributed by atoms with Crippen molar-refractivity contribution in [2.24, 2.45) is 5.92 Å². The molecule has 50 heavy (non-hydrogen) atoms. The predicted molar refractivity (Wildman–Crippen MR) is 189 cm³/mol. The van der Waals surface area contributed by atoms with Gasteiger partial charge in [0.05, 0.1) is 28.9 Å². The van der Waals surface area contributed by atoms with Crippen molar-refractivity contribution in [3.05, 3.63) is 65.6 Å². The van der Waals surface area contributed by atoms with Gasteiger partial charge in [-0.2, -0.15) is 5.26 Å². The molecular formula is C39H40F2N6O3. The van der Waals surface area contributed by atoms with E-state index in [1.807, 2.05) is 55.3 Å². The molecule has 2 bridgehead atoms. The molecule has 5 aromatic rings. The van der Waals surface area contributed by atoms with Gasteiger partial charge < -0.3 is 24.6 Å². The largest absolute Gasteiger partial charge is 0.508 e. The van der Waals surface area contributed by atoms with Crippen molar-refractivity contribution in [3.63, 3.8) is 0 Å². The average molecular weight is 679 g/mol. The van der Waals surface area contributed by atoms with Crippen LogP contribution in [0.3, 0.4) is 0 Å². The summed E-state index contributed by atoms with van der Waals surface area (Å²) in [5.74, 6) is -0.802. The first-order valence-corrected chi connectivity index (χ1v) is 17.2. The third kappa shape index (κ3) is 5.07. The first-order chi connectivity index (χ1) is 24.0. The first-order valence-electron chi connectivity index (χ1n) is 17.2. The number of fused-ring (bicyclic) bond motifs is 5. The fourth-order valence-corrected chi connectivity index (χ4v) is 8.64. The highest BCUT2D eigenvalue weighted by Crippen LogP contribution is 2.50. The maximum atomic E-state index is 17.6. The van der Waals surface area contributed by atoms with Crippen LogP contribution >= 0.6 is 0 Å². The average Bonchev–Trinajstić information content (AvgIpc) is 3.82. The number of carbonyl (C=O) groups excluding carboxylic acids is 1. The lowest BCUT2D eigenvalue weighted by atomic mass is 9.79. The van der Waals surface area contributed by atoms with Crippen LogP contribution in [0.5, 0.6) is 11.6 Å². The molecule has 3 aliphatic heterocycles. The molecule has 2 aromatic heterocycles. The lowest BCUT2D eigenvalue weighted by Crippen LogP contribution is -2.60. The number of hydrogen-bond donors (Lipinski definition) is 2. The highest BCUT2D eigenvalue weighted by atomic mass is 19.1. The van der Waals surface area contributed by atoms with E-state index >= 15 is 8.78 Å². The summed E-state index contributed by atoms with van der Waals surface area (Å²) in [5.41, 5.74) is 1.27.